The van der Waals surface area contributed by atoms with E-state index in [0.29, 0.717) is 6.54 Å². The second-order valence-electron chi connectivity index (χ2n) is 5.38. The van der Waals surface area contributed by atoms with Gasteiger partial charge < -0.3 is 20.4 Å². The molecule has 0 spiro atoms. The first-order chi connectivity index (χ1) is 10.2. The quantitative estimate of drug-likeness (QED) is 0.806. The smallest absolute Gasteiger partial charge is 0.124 e. The number of para-hydroxylation sites is 2. The molecule has 4 heteroatoms. The highest BCUT2D eigenvalue weighted by Gasteiger charge is 2.15. The van der Waals surface area contributed by atoms with E-state index >= 15 is 0 Å². The van der Waals surface area contributed by atoms with Gasteiger partial charge in [0.1, 0.15) is 11.5 Å². The van der Waals surface area contributed by atoms with Crippen molar-refractivity contribution in [1.82, 2.24) is 0 Å². The summed E-state index contributed by atoms with van der Waals surface area (Å²) in [4.78, 5) is 2.39. The molecule has 2 aromatic rings. The van der Waals surface area contributed by atoms with Crippen molar-refractivity contribution in [2.24, 2.45) is 0 Å². The first-order valence-electron chi connectivity index (χ1n) is 7.33. The van der Waals surface area contributed by atoms with Crippen LogP contribution in [0.5, 0.6) is 11.5 Å². The average molecular weight is 284 g/mol. The lowest BCUT2D eigenvalue weighted by Gasteiger charge is -2.22. The van der Waals surface area contributed by atoms with Crippen LogP contribution in [0.2, 0.25) is 0 Å². The van der Waals surface area contributed by atoms with Gasteiger partial charge >= 0.3 is 0 Å². The van der Waals surface area contributed by atoms with E-state index in [9.17, 15) is 10.2 Å². The van der Waals surface area contributed by atoms with Gasteiger partial charge in [0.2, 0.25) is 0 Å². The Labute approximate surface area is 124 Å². The van der Waals surface area contributed by atoms with Gasteiger partial charge in [-0.3, -0.25) is 0 Å². The molecule has 4 nitrogen and oxygen atoms in total. The van der Waals surface area contributed by atoms with Crippen LogP contribution in [-0.2, 0) is 6.54 Å². The zero-order valence-corrected chi connectivity index (χ0v) is 11.9. The first kappa shape index (κ1) is 13.6. The molecule has 0 bridgehead atoms. The molecule has 21 heavy (non-hydrogen) atoms. The van der Waals surface area contributed by atoms with Gasteiger partial charge in [-0.05, 0) is 37.1 Å². The molecule has 110 valence electrons. The molecule has 0 saturated carbocycles. The molecule has 0 aromatic heterocycles. The average Bonchev–Trinajstić information content (AvgIpc) is 3.01. The Balaban J connectivity index is 1.75. The van der Waals surface area contributed by atoms with E-state index in [4.69, 9.17) is 0 Å². The summed E-state index contributed by atoms with van der Waals surface area (Å²) in [6.45, 7) is 2.73. The van der Waals surface area contributed by atoms with Crippen LogP contribution >= 0.6 is 0 Å². The predicted octanol–water partition coefficient (Wildman–Crippen LogP) is 3.31. The van der Waals surface area contributed by atoms with Gasteiger partial charge in [0.15, 0.2) is 0 Å². The number of phenolic OH excluding ortho intramolecular Hbond substituents is 2. The molecule has 2 aromatic carbocycles. The Morgan fingerprint density at radius 1 is 1.00 bits per heavy atom. The van der Waals surface area contributed by atoms with Crippen molar-refractivity contribution in [2.75, 3.05) is 23.3 Å². The summed E-state index contributed by atoms with van der Waals surface area (Å²) in [5, 5.41) is 22.5. The molecular formula is C17H20N2O2. The van der Waals surface area contributed by atoms with Crippen LogP contribution in [-0.4, -0.2) is 23.3 Å². The molecule has 0 unspecified atom stereocenters. The molecular weight excluding hydrogens is 264 g/mol. The molecule has 1 aliphatic rings. The van der Waals surface area contributed by atoms with Gasteiger partial charge in [-0.25, -0.2) is 0 Å². The topological polar surface area (TPSA) is 55.7 Å². The van der Waals surface area contributed by atoms with Crippen LogP contribution in [0, 0.1) is 0 Å². The Hall–Kier alpha value is -2.36. The monoisotopic (exact) mass is 284 g/mol. The number of nitrogens with zero attached hydrogens (tertiary/aromatic N) is 1. The summed E-state index contributed by atoms with van der Waals surface area (Å²) in [6, 6.07) is 12.9. The number of hydrogen-bond acceptors (Lipinski definition) is 4. The van der Waals surface area contributed by atoms with Crippen molar-refractivity contribution in [3.63, 3.8) is 0 Å². The fraction of sp³-hybridized carbons (Fsp3) is 0.294. The molecule has 1 heterocycles. The normalized spacial score (nSPS) is 14.4. The van der Waals surface area contributed by atoms with Gasteiger partial charge in [0.25, 0.3) is 0 Å². The van der Waals surface area contributed by atoms with Crippen molar-refractivity contribution in [1.29, 1.82) is 0 Å². The Morgan fingerprint density at radius 2 is 1.76 bits per heavy atom. The van der Waals surface area contributed by atoms with Gasteiger partial charge in [-0.1, -0.05) is 12.1 Å². The van der Waals surface area contributed by atoms with Crippen molar-refractivity contribution in [3.8, 4) is 11.5 Å². The zero-order chi connectivity index (χ0) is 14.7. The van der Waals surface area contributed by atoms with Crippen molar-refractivity contribution >= 4 is 11.4 Å². The van der Waals surface area contributed by atoms with Gasteiger partial charge in [-0.2, -0.15) is 0 Å². The van der Waals surface area contributed by atoms with Crippen molar-refractivity contribution in [3.05, 3.63) is 48.0 Å². The van der Waals surface area contributed by atoms with Crippen LogP contribution in [0.1, 0.15) is 18.4 Å². The molecule has 1 fully saturated rings. The fourth-order valence-electron chi connectivity index (χ4n) is 2.75. The third-order valence-corrected chi connectivity index (χ3v) is 3.89. The highest BCUT2D eigenvalue weighted by molar-refractivity contribution is 5.70. The number of anilines is 2. The van der Waals surface area contributed by atoms with E-state index in [1.54, 1.807) is 12.1 Å². The second kappa shape index (κ2) is 5.95. The van der Waals surface area contributed by atoms with Crippen LogP contribution in [0.15, 0.2) is 42.5 Å². The molecule has 0 aliphatic carbocycles. The highest BCUT2D eigenvalue weighted by atomic mass is 16.3. The minimum absolute atomic E-state index is 0.0775. The van der Waals surface area contributed by atoms with Gasteiger partial charge in [-0.15, -0.1) is 0 Å². The van der Waals surface area contributed by atoms with E-state index in [1.807, 2.05) is 6.07 Å². The standard InChI is InChI=1S/C17H20N2O2/c20-14-8-7-13(17(21)11-14)12-18-15-5-1-2-6-16(15)19-9-3-4-10-19/h1-2,5-8,11,18,20-21H,3-4,9-10,12H2. The van der Waals surface area contributed by atoms with E-state index < -0.39 is 0 Å². The fourth-order valence-corrected chi connectivity index (χ4v) is 2.75. The molecule has 3 N–H and O–H groups in total. The maximum atomic E-state index is 9.84. The third kappa shape index (κ3) is 3.05. The Kier molecular flexibility index (Phi) is 3.86. The Bertz CT molecular complexity index is 622. The summed E-state index contributed by atoms with van der Waals surface area (Å²) in [6.07, 6.45) is 2.49. The zero-order valence-electron chi connectivity index (χ0n) is 11.9. The van der Waals surface area contributed by atoms with Crippen molar-refractivity contribution in [2.45, 2.75) is 19.4 Å². The number of rotatable bonds is 4. The SMILES string of the molecule is Oc1ccc(CNc2ccccc2N2CCCC2)c(O)c1. The summed E-state index contributed by atoms with van der Waals surface area (Å²) in [7, 11) is 0. The molecule has 0 atom stereocenters. The highest BCUT2D eigenvalue weighted by Crippen LogP contribution is 2.30. The molecule has 0 amide bonds. The van der Waals surface area contributed by atoms with E-state index in [-0.39, 0.29) is 11.5 Å². The van der Waals surface area contributed by atoms with E-state index in [1.165, 1.54) is 24.6 Å². The number of benzene rings is 2. The summed E-state index contributed by atoms with van der Waals surface area (Å²) in [5.74, 6) is 0.190. The lowest BCUT2D eigenvalue weighted by Crippen LogP contribution is -2.19. The van der Waals surface area contributed by atoms with Crippen LogP contribution in [0.25, 0.3) is 0 Å². The number of phenols is 2. The third-order valence-electron chi connectivity index (χ3n) is 3.89. The van der Waals surface area contributed by atoms with Crippen LogP contribution in [0.4, 0.5) is 11.4 Å². The number of aromatic hydroxyl groups is 2. The lowest BCUT2D eigenvalue weighted by atomic mass is 10.1. The predicted molar refractivity (Wildman–Crippen MR) is 85.0 cm³/mol. The minimum atomic E-state index is 0.0775. The van der Waals surface area contributed by atoms with Crippen LogP contribution < -0.4 is 10.2 Å². The maximum absolute atomic E-state index is 9.84. The Morgan fingerprint density at radius 3 is 2.52 bits per heavy atom. The number of hydrogen-bond donors (Lipinski definition) is 3. The molecule has 3 rings (SSSR count). The second-order valence-corrected chi connectivity index (χ2v) is 5.38. The van der Waals surface area contributed by atoms with Crippen molar-refractivity contribution < 1.29 is 10.2 Å². The van der Waals surface area contributed by atoms with Gasteiger partial charge in [0, 0.05) is 31.3 Å². The largest absolute Gasteiger partial charge is 0.508 e. The molecule has 1 aliphatic heterocycles. The first-order valence-corrected chi connectivity index (χ1v) is 7.33. The molecule has 0 radical (unpaired) electrons. The minimum Gasteiger partial charge on any atom is -0.508 e. The molecule has 1 saturated heterocycles. The lowest BCUT2D eigenvalue weighted by molar-refractivity contribution is 0.446. The van der Waals surface area contributed by atoms with Crippen LogP contribution in [0.3, 0.4) is 0 Å². The number of nitrogens with one attached hydrogen (secondary N) is 1. The van der Waals surface area contributed by atoms with E-state index in [0.717, 1.165) is 24.3 Å². The maximum Gasteiger partial charge on any atom is 0.124 e. The summed E-state index contributed by atoms with van der Waals surface area (Å²) < 4.78 is 0. The van der Waals surface area contributed by atoms with E-state index in [2.05, 4.69) is 28.4 Å². The summed E-state index contributed by atoms with van der Waals surface area (Å²) in [5.41, 5.74) is 3.06. The van der Waals surface area contributed by atoms with Gasteiger partial charge in [0.05, 0.1) is 11.4 Å². The summed E-state index contributed by atoms with van der Waals surface area (Å²) >= 11 is 0.